The lowest BCUT2D eigenvalue weighted by molar-refractivity contribution is 0.102. The zero-order chi connectivity index (χ0) is 21.9. The van der Waals surface area contributed by atoms with Gasteiger partial charge in [-0.3, -0.25) is 9.52 Å². The number of hydrogen-bond donors (Lipinski definition) is 3. The summed E-state index contributed by atoms with van der Waals surface area (Å²) in [6.07, 6.45) is 0. The van der Waals surface area contributed by atoms with Crippen molar-refractivity contribution in [1.29, 1.82) is 0 Å². The monoisotopic (exact) mass is 449 g/mol. The molecule has 156 valence electrons. The third kappa shape index (κ3) is 5.00. The molecule has 3 aromatic rings. The molecule has 4 N–H and O–H groups in total. The van der Waals surface area contributed by atoms with E-state index in [1.807, 2.05) is 0 Å². The van der Waals surface area contributed by atoms with Crippen LogP contribution in [0.1, 0.15) is 10.4 Å². The predicted octanol–water partition coefficient (Wildman–Crippen LogP) is 2.53. The van der Waals surface area contributed by atoms with Crippen molar-refractivity contribution in [3.05, 3.63) is 84.2 Å². The molecular formula is C19H16FN3O5S2. The van der Waals surface area contributed by atoms with E-state index in [2.05, 4.69) is 10.0 Å². The van der Waals surface area contributed by atoms with E-state index in [4.69, 9.17) is 5.14 Å². The molecule has 0 spiro atoms. The summed E-state index contributed by atoms with van der Waals surface area (Å²) in [6.45, 7) is 0. The van der Waals surface area contributed by atoms with Gasteiger partial charge >= 0.3 is 0 Å². The Morgan fingerprint density at radius 1 is 0.833 bits per heavy atom. The maximum atomic E-state index is 13.7. The summed E-state index contributed by atoms with van der Waals surface area (Å²) in [5.74, 6) is -1.31. The normalized spacial score (nSPS) is 11.7. The first-order valence-corrected chi connectivity index (χ1v) is 11.4. The van der Waals surface area contributed by atoms with E-state index in [1.54, 1.807) is 0 Å². The number of rotatable bonds is 6. The van der Waals surface area contributed by atoms with Crippen LogP contribution in [0.2, 0.25) is 0 Å². The Morgan fingerprint density at radius 2 is 1.50 bits per heavy atom. The molecule has 0 saturated heterocycles. The fourth-order valence-electron chi connectivity index (χ4n) is 2.49. The number of sulfonamides is 2. The summed E-state index contributed by atoms with van der Waals surface area (Å²) < 4.78 is 63.5. The zero-order valence-corrected chi connectivity index (χ0v) is 16.9. The van der Waals surface area contributed by atoms with Gasteiger partial charge in [-0.05, 0) is 54.6 Å². The average molecular weight is 449 g/mol. The van der Waals surface area contributed by atoms with Gasteiger partial charge in [-0.15, -0.1) is 0 Å². The number of anilines is 2. The summed E-state index contributed by atoms with van der Waals surface area (Å²) in [5.41, 5.74) is 0.124. The Kier molecular flexibility index (Phi) is 5.87. The molecule has 0 aromatic heterocycles. The van der Waals surface area contributed by atoms with Crippen molar-refractivity contribution < 1.29 is 26.0 Å². The summed E-state index contributed by atoms with van der Waals surface area (Å²) in [5, 5.41) is 7.57. The van der Waals surface area contributed by atoms with E-state index in [0.717, 1.165) is 6.07 Å². The minimum atomic E-state index is -4.06. The second kappa shape index (κ2) is 8.22. The highest BCUT2D eigenvalue weighted by Gasteiger charge is 2.17. The number of amides is 1. The van der Waals surface area contributed by atoms with Crippen molar-refractivity contribution in [2.45, 2.75) is 9.79 Å². The van der Waals surface area contributed by atoms with Crippen LogP contribution in [0.5, 0.6) is 0 Å². The van der Waals surface area contributed by atoms with Gasteiger partial charge in [0.25, 0.3) is 15.9 Å². The van der Waals surface area contributed by atoms with Crippen LogP contribution in [0, 0.1) is 5.82 Å². The molecule has 0 aliphatic carbocycles. The van der Waals surface area contributed by atoms with E-state index >= 15 is 0 Å². The molecule has 0 aliphatic heterocycles. The van der Waals surface area contributed by atoms with Crippen LogP contribution in [0.25, 0.3) is 0 Å². The van der Waals surface area contributed by atoms with Gasteiger partial charge in [-0.25, -0.2) is 26.4 Å². The van der Waals surface area contributed by atoms with Gasteiger partial charge in [0.2, 0.25) is 10.0 Å². The Balaban J connectivity index is 1.77. The van der Waals surface area contributed by atoms with E-state index < -0.39 is 31.8 Å². The molecule has 0 heterocycles. The number of hydrogen-bond acceptors (Lipinski definition) is 5. The number of nitrogens with one attached hydrogen (secondary N) is 2. The van der Waals surface area contributed by atoms with Gasteiger partial charge in [0.1, 0.15) is 5.82 Å². The molecule has 3 rings (SSSR count). The molecule has 0 saturated carbocycles. The fourth-order valence-corrected chi connectivity index (χ4v) is 4.11. The molecule has 0 radical (unpaired) electrons. The maximum absolute atomic E-state index is 13.7. The minimum absolute atomic E-state index is 0.126. The van der Waals surface area contributed by atoms with Crippen molar-refractivity contribution in [2.24, 2.45) is 5.14 Å². The molecule has 11 heteroatoms. The molecule has 0 fully saturated rings. The second-order valence-corrected chi connectivity index (χ2v) is 9.38. The van der Waals surface area contributed by atoms with Crippen LogP contribution in [0.4, 0.5) is 15.8 Å². The number of carbonyl (C=O) groups is 1. The number of nitrogens with two attached hydrogens (primary N) is 1. The van der Waals surface area contributed by atoms with E-state index in [0.29, 0.717) is 0 Å². The second-order valence-electron chi connectivity index (χ2n) is 6.14. The van der Waals surface area contributed by atoms with Crippen molar-refractivity contribution >= 4 is 37.3 Å². The van der Waals surface area contributed by atoms with Gasteiger partial charge in [0.05, 0.1) is 15.5 Å². The van der Waals surface area contributed by atoms with Crippen LogP contribution in [0.3, 0.4) is 0 Å². The van der Waals surface area contributed by atoms with Crippen molar-refractivity contribution in [3.8, 4) is 0 Å². The minimum Gasteiger partial charge on any atom is -0.322 e. The first-order valence-electron chi connectivity index (χ1n) is 8.38. The lowest BCUT2D eigenvalue weighted by Gasteiger charge is -2.10. The van der Waals surface area contributed by atoms with Crippen molar-refractivity contribution in [2.75, 3.05) is 10.0 Å². The van der Waals surface area contributed by atoms with Crippen LogP contribution in [-0.2, 0) is 20.0 Å². The Labute approximate surface area is 172 Å². The van der Waals surface area contributed by atoms with E-state index in [-0.39, 0.29) is 26.7 Å². The number of halogens is 1. The summed E-state index contributed by atoms with van der Waals surface area (Å²) in [4.78, 5) is 12.0. The first-order chi connectivity index (χ1) is 14.1. The molecule has 0 unspecified atom stereocenters. The molecule has 1 amide bonds. The number of para-hydroxylation sites is 1. The molecule has 8 nitrogen and oxygen atoms in total. The molecule has 0 bridgehead atoms. The summed E-state index contributed by atoms with van der Waals surface area (Å²) >= 11 is 0. The topological polar surface area (TPSA) is 135 Å². The van der Waals surface area contributed by atoms with Gasteiger partial charge < -0.3 is 5.32 Å². The van der Waals surface area contributed by atoms with Gasteiger partial charge in [-0.1, -0.05) is 18.2 Å². The molecule has 0 aliphatic rings. The number of benzene rings is 3. The number of primary sulfonamides is 1. The highest BCUT2D eigenvalue weighted by atomic mass is 32.2. The van der Waals surface area contributed by atoms with Gasteiger partial charge in [0, 0.05) is 11.3 Å². The first kappa shape index (κ1) is 21.4. The smallest absolute Gasteiger partial charge is 0.261 e. The van der Waals surface area contributed by atoms with Crippen molar-refractivity contribution in [1.82, 2.24) is 0 Å². The molecule has 0 atom stereocenters. The predicted molar refractivity (Wildman–Crippen MR) is 109 cm³/mol. The fraction of sp³-hybridized carbons (Fsp3) is 0. The standard InChI is InChI=1S/C19H16FN3O5S2/c20-17-6-1-2-7-18(17)23-30(27,28)15-10-8-13(9-11-15)19(24)22-14-4-3-5-16(12-14)29(21,25)26/h1-12,23H,(H,22,24)(H2,21,25,26). The SMILES string of the molecule is NS(=O)(=O)c1cccc(NC(=O)c2ccc(S(=O)(=O)Nc3ccccc3F)cc2)c1. The van der Waals surface area contributed by atoms with Crippen molar-refractivity contribution in [3.63, 3.8) is 0 Å². The van der Waals surface area contributed by atoms with E-state index in [9.17, 15) is 26.0 Å². The van der Waals surface area contributed by atoms with Crippen LogP contribution in [-0.4, -0.2) is 22.7 Å². The van der Waals surface area contributed by atoms with Gasteiger partial charge in [0.15, 0.2) is 0 Å². The Hall–Kier alpha value is -3.28. The Bertz CT molecular complexity index is 1310. The Morgan fingerprint density at radius 3 is 2.13 bits per heavy atom. The highest BCUT2D eigenvalue weighted by molar-refractivity contribution is 7.92. The lowest BCUT2D eigenvalue weighted by Crippen LogP contribution is -2.16. The van der Waals surface area contributed by atoms with Crippen LogP contribution in [0.15, 0.2) is 82.6 Å². The lowest BCUT2D eigenvalue weighted by atomic mass is 10.2. The van der Waals surface area contributed by atoms with E-state index in [1.165, 1.54) is 66.7 Å². The molecule has 3 aromatic carbocycles. The number of carbonyl (C=O) groups excluding carboxylic acids is 1. The highest BCUT2D eigenvalue weighted by Crippen LogP contribution is 2.20. The van der Waals surface area contributed by atoms with Crippen LogP contribution < -0.4 is 15.2 Å². The summed E-state index contributed by atoms with van der Waals surface area (Å²) in [6, 6.07) is 15.6. The average Bonchev–Trinajstić information content (AvgIpc) is 2.69. The van der Waals surface area contributed by atoms with Crippen LogP contribution >= 0.6 is 0 Å². The molecule has 30 heavy (non-hydrogen) atoms. The maximum Gasteiger partial charge on any atom is 0.261 e. The zero-order valence-electron chi connectivity index (χ0n) is 15.2. The summed E-state index contributed by atoms with van der Waals surface area (Å²) in [7, 11) is -7.99. The largest absolute Gasteiger partial charge is 0.322 e. The molecular weight excluding hydrogens is 433 g/mol. The quantitative estimate of drug-likeness (QED) is 0.531. The third-order valence-electron chi connectivity index (χ3n) is 3.97. The van der Waals surface area contributed by atoms with Gasteiger partial charge in [-0.2, -0.15) is 0 Å². The third-order valence-corrected chi connectivity index (χ3v) is 6.26.